The number of carbonyl (C=O) groups excluding carboxylic acids is 1. The predicted octanol–water partition coefficient (Wildman–Crippen LogP) is 2.14. The second kappa shape index (κ2) is 7.19. The number of hydrogen-bond acceptors (Lipinski definition) is 5. The van der Waals surface area contributed by atoms with Crippen LogP contribution in [0, 0.1) is 5.92 Å². The van der Waals surface area contributed by atoms with Gasteiger partial charge in [-0.2, -0.15) is 0 Å². The summed E-state index contributed by atoms with van der Waals surface area (Å²) in [5.41, 5.74) is 6.50. The van der Waals surface area contributed by atoms with Crippen molar-refractivity contribution in [3.63, 3.8) is 0 Å². The third-order valence-corrected chi connectivity index (χ3v) is 4.13. The molecule has 0 saturated heterocycles. The number of aromatic nitrogens is 1. The van der Waals surface area contributed by atoms with Gasteiger partial charge in [-0.15, -0.1) is 11.3 Å². The molecule has 0 spiro atoms. The molecule has 21 heavy (non-hydrogen) atoms. The maximum atomic E-state index is 12.0. The van der Waals surface area contributed by atoms with E-state index in [1.807, 2.05) is 31.2 Å². The van der Waals surface area contributed by atoms with Crippen molar-refractivity contribution < 1.29 is 9.53 Å². The average molecular weight is 305 g/mol. The van der Waals surface area contributed by atoms with E-state index in [0.717, 1.165) is 16.3 Å². The van der Waals surface area contributed by atoms with E-state index in [9.17, 15) is 4.79 Å². The summed E-state index contributed by atoms with van der Waals surface area (Å²) in [5, 5.41) is 3.68. The summed E-state index contributed by atoms with van der Waals surface area (Å²) in [4.78, 5) is 16.9. The second-order valence-electron chi connectivity index (χ2n) is 4.81. The summed E-state index contributed by atoms with van der Waals surface area (Å²) < 4.78 is 5.12. The van der Waals surface area contributed by atoms with Gasteiger partial charge >= 0.3 is 0 Å². The van der Waals surface area contributed by atoms with E-state index in [2.05, 4.69) is 10.3 Å². The number of nitrogens with one attached hydrogen (secondary N) is 1. The lowest BCUT2D eigenvalue weighted by atomic mass is 10.2. The number of thiazole rings is 1. The van der Waals surface area contributed by atoms with Crippen LogP contribution in [0.5, 0.6) is 5.75 Å². The Kier molecular flexibility index (Phi) is 5.30. The number of nitrogens with zero attached hydrogens (tertiary/aromatic N) is 1. The normalized spacial score (nSPS) is 12.0. The minimum Gasteiger partial charge on any atom is -0.497 e. The number of methoxy groups -OCH3 is 1. The van der Waals surface area contributed by atoms with Gasteiger partial charge in [-0.3, -0.25) is 4.79 Å². The zero-order valence-electron chi connectivity index (χ0n) is 12.1. The Bertz CT molecular complexity index is 595. The van der Waals surface area contributed by atoms with Crippen LogP contribution in [0.1, 0.15) is 16.6 Å². The van der Waals surface area contributed by atoms with Crippen molar-refractivity contribution in [2.45, 2.75) is 6.92 Å². The number of benzene rings is 1. The molecule has 0 bridgehead atoms. The average Bonchev–Trinajstić information content (AvgIpc) is 3.02. The lowest BCUT2D eigenvalue weighted by molar-refractivity contribution is 0.0952. The maximum Gasteiger partial charge on any atom is 0.263 e. The zero-order chi connectivity index (χ0) is 15.2. The standard InChI is InChI=1S/C15H19N3O2S/c1-10(7-16)8-17-14(19)13-9-18-15(21-13)11-3-5-12(20-2)6-4-11/h3-6,9-10H,7-8,16H2,1-2H3,(H,17,19). The van der Waals surface area contributed by atoms with Crippen molar-refractivity contribution >= 4 is 17.2 Å². The van der Waals surface area contributed by atoms with E-state index in [4.69, 9.17) is 10.5 Å². The third-order valence-electron chi connectivity index (χ3n) is 3.08. The zero-order valence-corrected chi connectivity index (χ0v) is 12.9. The number of ether oxygens (including phenoxy) is 1. The topological polar surface area (TPSA) is 77.2 Å². The van der Waals surface area contributed by atoms with Gasteiger partial charge < -0.3 is 15.8 Å². The first-order valence-electron chi connectivity index (χ1n) is 6.72. The predicted molar refractivity (Wildman–Crippen MR) is 84.7 cm³/mol. The molecule has 0 aliphatic carbocycles. The van der Waals surface area contributed by atoms with Crippen LogP contribution in [0.3, 0.4) is 0 Å². The Morgan fingerprint density at radius 1 is 1.43 bits per heavy atom. The highest BCUT2D eigenvalue weighted by molar-refractivity contribution is 7.16. The van der Waals surface area contributed by atoms with Crippen LogP contribution in [0.25, 0.3) is 10.6 Å². The molecule has 5 nitrogen and oxygen atoms in total. The van der Waals surface area contributed by atoms with E-state index in [0.29, 0.717) is 18.0 Å². The monoisotopic (exact) mass is 305 g/mol. The van der Waals surface area contributed by atoms with Gasteiger partial charge in [0.05, 0.1) is 13.3 Å². The van der Waals surface area contributed by atoms with Crippen LogP contribution in [-0.2, 0) is 0 Å². The molecule has 1 aromatic heterocycles. The van der Waals surface area contributed by atoms with Crippen LogP contribution >= 0.6 is 11.3 Å². The van der Waals surface area contributed by atoms with Crippen LogP contribution in [0.2, 0.25) is 0 Å². The van der Waals surface area contributed by atoms with Crippen LogP contribution < -0.4 is 15.8 Å². The van der Waals surface area contributed by atoms with E-state index >= 15 is 0 Å². The van der Waals surface area contributed by atoms with Crippen LogP contribution in [0.4, 0.5) is 0 Å². The van der Waals surface area contributed by atoms with Gasteiger partial charge in [-0.05, 0) is 36.7 Å². The van der Waals surface area contributed by atoms with E-state index in [-0.39, 0.29) is 11.8 Å². The van der Waals surface area contributed by atoms with Crippen molar-refractivity contribution in [2.75, 3.05) is 20.2 Å². The van der Waals surface area contributed by atoms with Gasteiger partial charge in [0.25, 0.3) is 5.91 Å². The minimum absolute atomic E-state index is 0.104. The Labute approximate surface area is 128 Å². The molecule has 3 N–H and O–H groups in total. The van der Waals surface area contributed by atoms with Crippen molar-refractivity contribution in [1.29, 1.82) is 0 Å². The van der Waals surface area contributed by atoms with Crippen molar-refractivity contribution in [2.24, 2.45) is 11.7 Å². The smallest absolute Gasteiger partial charge is 0.263 e. The van der Waals surface area contributed by atoms with Crippen molar-refractivity contribution in [1.82, 2.24) is 10.3 Å². The first-order valence-corrected chi connectivity index (χ1v) is 7.54. The van der Waals surface area contributed by atoms with Crippen molar-refractivity contribution in [3.05, 3.63) is 35.3 Å². The van der Waals surface area contributed by atoms with Crippen LogP contribution in [0.15, 0.2) is 30.5 Å². The molecule has 0 fully saturated rings. The Hall–Kier alpha value is -1.92. The van der Waals surface area contributed by atoms with Gasteiger partial charge in [0.1, 0.15) is 15.6 Å². The molecule has 1 amide bonds. The number of amides is 1. The van der Waals surface area contributed by atoms with Gasteiger partial charge in [0.15, 0.2) is 0 Å². The molecule has 2 aromatic rings. The highest BCUT2D eigenvalue weighted by atomic mass is 32.1. The summed E-state index contributed by atoms with van der Waals surface area (Å²) in [6, 6.07) is 7.60. The third kappa shape index (κ3) is 4.03. The molecular formula is C15H19N3O2S. The minimum atomic E-state index is -0.104. The molecule has 112 valence electrons. The molecule has 2 rings (SSSR count). The number of nitrogens with two attached hydrogens (primary N) is 1. The number of rotatable bonds is 6. The van der Waals surface area contributed by atoms with Gasteiger partial charge in [-0.25, -0.2) is 4.98 Å². The first kappa shape index (κ1) is 15.5. The SMILES string of the molecule is COc1ccc(-c2ncc(C(=O)NCC(C)CN)s2)cc1. The summed E-state index contributed by atoms with van der Waals surface area (Å²) in [5.74, 6) is 0.958. The highest BCUT2D eigenvalue weighted by Gasteiger charge is 2.12. The highest BCUT2D eigenvalue weighted by Crippen LogP contribution is 2.26. The van der Waals surface area contributed by atoms with E-state index in [1.54, 1.807) is 13.3 Å². The van der Waals surface area contributed by atoms with Crippen molar-refractivity contribution in [3.8, 4) is 16.3 Å². The van der Waals surface area contributed by atoms with Gasteiger partial charge in [-0.1, -0.05) is 6.92 Å². The molecule has 0 radical (unpaired) electrons. The summed E-state index contributed by atoms with van der Waals surface area (Å²) >= 11 is 1.37. The van der Waals surface area contributed by atoms with E-state index in [1.165, 1.54) is 11.3 Å². The molecule has 1 heterocycles. The summed E-state index contributed by atoms with van der Waals surface area (Å²) in [6.07, 6.45) is 1.60. The van der Waals surface area contributed by atoms with Gasteiger partial charge in [0, 0.05) is 12.1 Å². The fraction of sp³-hybridized carbons (Fsp3) is 0.333. The number of carbonyl (C=O) groups is 1. The fourth-order valence-electron chi connectivity index (χ4n) is 1.68. The molecule has 1 aromatic carbocycles. The molecule has 1 atom stereocenters. The Morgan fingerprint density at radius 2 is 2.14 bits per heavy atom. The fourth-order valence-corrected chi connectivity index (χ4v) is 2.52. The number of hydrogen-bond donors (Lipinski definition) is 2. The van der Waals surface area contributed by atoms with E-state index < -0.39 is 0 Å². The molecule has 0 saturated carbocycles. The molecule has 0 aliphatic heterocycles. The molecular weight excluding hydrogens is 286 g/mol. The Balaban J connectivity index is 2.04. The lowest BCUT2D eigenvalue weighted by Crippen LogP contribution is -2.30. The Morgan fingerprint density at radius 3 is 2.76 bits per heavy atom. The summed E-state index contributed by atoms with van der Waals surface area (Å²) in [7, 11) is 1.63. The molecule has 0 aliphatic rings. The second-order valence-corrected chi connectivity index (χ2v) is 5.84. The lowest BCUT2D eigenvalue weighted by Gasteiger charge is -2.08. The largest absolute Gasteiger partial charge is 0.497 e. The molecule has 1 unspecified atom stereocenters. The molecule has 6 heteroatoms. The van der Waals surface area contributed by atoms with Crippen LogP contribution in [-0.4, -0.2) is 31.1 Å². The quantitative estimate of drug-likeness (QED) is 0.857. The first-order chi connectivity index (χ1) is 10.1. The van der Waals surface area contributed by atoms with Gasteiger partial charge in [0.2, 0.25) is 0 Å². The maximum absolute atomic E-state index is 12.0. The summed E-state index contributed by atoms with van der Waals surface area (Å²) in [6.45, 7) is 3.13.